The molecule has 0 radical (unpaired) electrons. The van der Waals surface area contributed by atoms with Gasteiger partial charge in [-0.1, -0.05) is 12.1 Å². The number of carbonyl (C=O) groups is 1. The second-order valence-corrected chi connectivity index (χ2v) is 4.78. The SMILES string of the molecule is CC(=O)c1c(-c2cccc(OC(C)C)c2)cnn1C. The van der Waals surface area contributed by atoms with Crippen molar-refractivity contribution in [2.24, 2.45) is 7.05 Å². The van der Waals surface area contributed by atoms with Crippen LogP contribution in [0.5, 0.6) is 5.75 Å². The summed E-state index contributed by atoms with van der Waals surface area (Å²) in [5, 5.41) is 4.16. The molecule has 19 heavy (non-hydrogen) atoms. The summed E-state index contributed by atoms with van der Waals surface area (Å²) in [5.41, 5.74) is 2.39. The summed E-state index contributed by atoms with van der Waals surface area (Å²) in [4.78, 5) is 11.7. The topological polar surface area (TPSA) is 44.1 Å². The summed E-state index contributed by atoms with van der Waals surface area (Å²) in [6, 6.07) is 7.72. The molecule has 0 atom stereocenters. The highest BCUT2D eigenvalue weighted by atomic mass is 16.5. The van der Waals surface area contributed by atoms with Crippen LogP contribution in [0.4, 0.5) is 0 Å². The highest BCUT2D eigenvalue weighted by Gasteiger charge is 2.15. The molecule has 0 saturated carbocycles. The van der Waals surface area contributed by atoms with E-state index in [9.17, 15) is 4.79 Å². The summed E-state index contributed by atoms with van der Waals surface area (Å²) < 4.78 is 7.28. The van der Waals surface area contributed by atoms with E-state index < -0.39 is 0 Å². The molecule has 4 heteroatoms. The first-order valence-corrected chi connectivity index (χ1v) is 6.29. The zero-order valence-corrected chi connectivity index (χ0v) is 11.7. The van der Waals surface area contributed by atoms with E-state index in [-0.39, 0.29) is 11.9 Å². The maximum absolute atomic E-state index is 11.7. The molecule has 0 saturated heterocycles. The number of hydrogen-bond donors (Lipinski definition) is 0. The van der Waals surface area contributed by atoms with E-state index in [0.717, 1.165) is 16.9 Å². The van der Waals surface area contributed by atoms with Gasteiger partial charge in [-0.25, -0.2) is 0 Å². The van der Waals surface area contributed by atoms with Crippen LogP contribution < -0.4 is 4.74 Å². The standard InChI is InChI=1S/C15H18N2O2/c1-10(2)19-13-7-5-6-12(8-13)14-9-16-17(4)15(14)11(3)18/h5-10H,1-4H3. The van der Waals surface area contributed by atoms with E-state index in [0.29, 0.717) is 5.69 Å². The van der Waals surface area contributed by atoms with E-state index in [1.54, 1.807) is 24.9 Å². The predicted molar refractivity (Wildman–Crippen MR) is 74.4 cm³/mol. The first-order chi connectivity index (χ1) is 8.99. The van der Waals surface area contributed by atoms with Gasteiger partial charge in [-0.05, 0) is 31.5 Å². The number of ketones is 1. The molecule has 0 amide bonds. The Balaban J connectivity index is 2.45. The molecule has 0 N–H and O–H groups in total. The first-order valence-electron chi connectivity index (χ1n) is 6.29. The molecular formula is C15H18N2O2. The van der Waals surface area contributed by atoms with E-state index in [1.165, 1.54) is 0 Å². The molecule has 0 bridgehead atoms. The number of Topliss-reactive ketones (excluding diaryl/α,β-unsaturated/α-hetero) is 1. The largest absolute Gasteiger partial charge is 0.491 e. The van der Waals surface area contributed by atoms with Gasteiger partial charge in [0, 0.05) is 19.5 Å². The minimum Gasteiger partial charge on any atom is -0.491 e. The normalized spacial score (nSPS) is 10.8. The Labute approximate surface area is 113 Å². The third-order valence-corrected chi connectivity index (χ3v) is 2.79. The van der Waals surface area contributed by atoms with E-state index in [4.69, 9.17) is 4.74 Å². The van der Waals surface area contributed by atoms with Gasteiger partial charge >= 0.3 is 0 Å². The second-order valence-electron chi connectivity index (χ2n) is 4.78. The van der Waals surface area contributed by atoms with Gasteiger partial charge in [0.2, 0.25) is 0 Å². The summed E-state index contributed by atoms with van der Waals surface area (Å²) >= 11 is 0. The van der Waals surface area contributed by atoms with Gasteiger partial charge in [0.15, 0.2) is 5.78 Å². The van der Waals surface area contributed by atoms with Crippen molar-refractivity contribution in [3.8, 4) is 16.9 Å². The number of aromatic nitrogens is 2. The molecule has 100 valence electrons. The minimum atomic E-state index is 0.00480. The van der Waals surface area contributed by atoms with Gasteiger partial charge < -0.3 is 4.74 Å². The summed E-state index contributed by atoms with van der Waals surface area (Å²) in [7, 11) is 1.77. The van der Waals surface area contributed by atoms with Crippen molar-refractivity contribution in [3.63, 3.8) is 0 Å². The molecule has 1 aromatic carbocycles. The minimum absolute atomic E-state index is 0.00480. The number of benzene rings is 1. The van der Waals surface area contributed by atoms with Crippen LogP contribution in [0.1, 0.15) is 31.3 Å². The lowest BCUT2D eigenvalue weighted by atomic mass is 10.0. The molecule has 4 nitrogen and oxygen atoms in total. The molecule has 2 aromatic rings. The molecule has 0 aliphatic rings. The smallest absolute Gasteiger partial charge is 0.178 e. The Morgan fingerprint density at radius 2 is 2.11 bits per heavy atom. The first kappa shape index (κ1) is 13.3. The number of hydrogen-bond acceptors (Lipinski definition) is 3. The van der Waals surface area contributed by atoms with Crippen LogP contribution in [0.25, 0.3) is 11.1 Å². The fourth-order valence-corrected chi connectivity index (χ4v) is 2.08. The van der Waals surface area contributed by atoms with Crippen molar-refractivity contribution in [2.45, 2.75) is 26.9 Å². The lowest BCUT2D eigenvalue weighted by Gasteiger charge is -2.11. The summed E-state index contributed by atoms with van der Waals surface area (Å²) in [6.07, 6.45) is 1.84. The lowest BCUT2D eigenvalue weighted by molar-refractivity contribution is 0.100. The quantitative estimate of drug-likeness (QED) is 0.792. The number of carbonyl (C=O) groups excluding carboxylic acids is 1. The molecule has 0 aliphatic carbocycles. The zero-order valence-electron chi connectivity index (χ0n) is 11.7. The van der Waals surface area contributed by atoms with Crippen LogP contribution in [0, 0.1) is 0 Å². The molecule has 0 aliphatic heterocycles. The lowest BCUT2D eigenvalue weighted by Crippen LogP contribution is -2.06. The molecule has 0 fully saturated rings. The Morgan fingerprint density at radius 1 is 1.37 bits per heavy atom. The van der Waals surface area contributed by atoms with Crippen LogP contribution in [0.2, 0.25) is 0 Å². The van der Waals surface area contributed by atoms with Crippen LogP contribution >= 0.6 is 0 Å². The van der Waals surface area contributed by atoms with E-state index in [2.05, 4.69) is 5.10 Å². The maximum Gasteiger partial charge on any atom is 0.178 e. The van der Waals surface area contributed by atoms with Gasteiger partial charge in [0.25, 0.3) is 0 Å². The average molecular weight is 258 g/mol. The Morgan fingerprint density at radius 3 is 2.74 bits per heavy atom. The van der Waals surface area contributed by atoms with Gasteiger partial charge in [-0.2, -0.15) is 5.10 Å². The number of aryl methyl sites for hydroxylation is 1. The Bertz CT molecular complexity index is 600. The van der Waals surface area contributed by atoms with Gasteiger partial charge in [0.05, 0.1) is 12.3 Å². The van der Waals surface area contributed by atoms with Crippen molar-refractivity contribution in [3.05, 3.63) is 36.2 Å². The number of rotatable bonds is 4. The van der Waals surface area contributed by atoms with Gasteiger partial charge in [0.1, 0.15) is 11.4 Å². The Kier molecular flexibility index (Phi) is 3.69. The molecule has 0 spiro atoms. The molecule has 0 unspecified atom stereocenters. The highest BCUT2D eigenvalue weighted by Crippen LogP contribution is 2.27. The monoisotopic (exact) mass is 258 g/mol. The maximum atomic E-state index is 11.7. The average Bonchev–Trinajstić information content (AvgIpc) is 2.70. The summed E-state index contributed by atoms with van der Waals surface area (Å²) in [5.74, 6) is 0.802. The van der Waals surface area contributed by atoms with Crippen molar-refractivity contribution in [2.75, 3.05) is 0 Å². The molecule has 1 heterocycles. The van der Waals surface area contributed by atoms with Crippen molar-refractivity contribution < 1.29 is 9.53 Å². The third kappa shape index (κ3) is 2.84. The van der Waals surface area contributed by atoms with E-state index in [1.807, 2.05) is 38.1 Å². The molecular weight excluding hydrogens is 240 g/mol. The number of ether oxygens (including phenoxy) is 1. The second kappa shape index (κ2) is 5.26. The third-order valence-electron chi connectivity index (χ3n) is 2.79. The van der Waals surface area contributed by atoms with Crippen molar-refractivity contribution in [1.29, 1.82) is 0 Å². The molecule has 2 rings (SSSR count). The fraction of sp³-hybridized carbons (Fsp3) is 0.333. The zero-order chi connectivity index (χ0) is 14.0. The van der Waals surface area contributed by atoms with Crippen molar-refractivity contribution in [1.82, 2.24) is 9.78 Å². The fourth-order valence-electron chi connectivity index (χ4n) is 2.08. The van der Waals surface area contributed by atoms with Gasteiger partial charge in [-0.15, -0.1) is 0 Å². The van der Waals surface area contributed by atoms with Gasteiger partial charge in [-0.3, -0.25) is 9.48 Å². The van der Waals surface area contributed by atoms with Crippen LogP contribution in [-0.4, -0.2) is 21.7 Å². The molecule has 1 aromatic heterocycles. The van der Waals surface area contributed by atoms with E-state index >= 15 is 0 Å². The van der Waals surface area contributed by atoms with Crippen LogP contribution in [0.15, 0.2) is 30.5 Å². The highest BCUT2D eigenvalue weighted by molar-refractivity contribution is 5.99. The van der Waals surface area contributed by atoms with Crippen molar-refractivity contribution >= 4 is 5.78 Å². The number of nitrogens with zero attached hydrogens (tertiary/aromatic N) is 2. The van der Waals surface area contributed by atoms with Crippen LogP contribution in [0.3, 0.4) is 0 Å². The van der Waals surface area contributed by atoms with Crippen LogP contribution in [-0.2, 0) is 7.05 Å². The Hall–Kier alpha value is -2.10. The summed E-state index contributed by atoms with van der Waals surface area (Å²) in [6.45, 7) is 5.52. The predicted octanol–water partition coefficient (Wildman–Crippen LogP) is 3.08.